The highest BCUT2D eigenvalue weighted by Crippen LogP contribution is 2.29. The summed E-state index contributed by atoms with van der Waals surface area (Å²) < 4.78 is 5.79. The fourth-order valence-electron chi connectivity index (χ4n) is 3.34. The summed E-state index contributed by atoms with van der Waals surface area (Å²) in [5, 5.41) is 3.58. The molecule has 3 aromatic rings. The van der Waals surface area contributed by atoms with Crippen LogP contribution in [-0.2, 0) is 6.54 Å². The van der Waals surface area contributed by atoms with Crippen molar-refractivity contribution >= 4 is 0 Å². The maximum absolute atomic E-state index is 5.79. The van der Waals surface area contributed by atoms with Crippen LogP contribution in [0.25, 0.3) is 0 Å². The molecule has 3 aromatic carbocycles. The standard InChI is InChI=1S/C25H29NO/c1-20(2)27-24-15-13-23(14-16-24)25(22-11-7-4-8-12-22)17-18-26-19-21-9-5-3-6-10-21/h3-16,20,25-26H,17-19H2,1-2H3. The van der Waals surface area contributed by atoms with Gasteiger partial charge in [0, 0.05) is 12.5 Å². The first-order chi connectivity index (χ1) is 13.2. The average molecular weight is 360 g/mol. The molecule has 3 rings (SSSR count). The molecule has 0 fully saturated rings. The van der Waals surface area contributed by atoms with Crippen LogP contribution in [0, 0.1) is 0 Å². The van der Waals surface area contributed by atoms with Gasteiger partial charge in [-0.3, -0.25) is 0 Å². The van der Waals surface area contributed by atoms with Crippen LogP contribution in [0.1, 0.15) is 42.9 Å². The van der Waals surface area contributed by atoms with E-state index in [-0.39, 0.29) is 6.10 Å². The highest BCUT2D eigenvalue weighted by atomic mass is 16.5. The molecule has 0 radical (unpaired) electrons. The zero-order valence-corrected chi connectivity index (χ0v) is 16.3. The zero-order valence-electron chi connectivity index (χ0n) is 16.3. The lowest BCUT2D eigenvalue weighted by Gasteiger charge is -2.19. The van der Waals surface area contributed by atoms with Crippen molar-refractivity contribution < 1.29 is 4.74 Å². The topological polar surface area (TPSA) is 21.3 Å². The Hall–Kier alpha value is -2.58. The van der Waals surface area contributed by atoms with Crippen molar-refractivity contribution in [1.82, 2.24) is 5.32 Å². The summed E-state index contributed by atoms with van der Waals surface area (Å²) in [5.41, 5.74) is 4.01. The van der Waals surface area contributed by atoms with E-state index in [1.165, 1.54) is 16.7 Å². The van der Waals surface area contributed by atoms with Gasteiger partial charge in [0.05, 0.1) is 6.10 Å². The van der Waals surface area contributed by atoms with Gasteiger partial charge in [-0.15, -0.1) is 0 Å². The van der Waals surface area contributed by atoms with E-state index in [0.29, 0.717) is 5.92 Å². The van der Waals surface area contributed by atoms with Crippen molar-refractivity contribution in [2.45, 2.75) is 38.8 Å². The minimum atomic E-state index is 0.197. The molecule has 2 heteroatoms. The van der Waals surface area contributed by atoms with Crippen molar-refractivity contribution in [3.63, 3.8) is 0 Å². The fraction of sp³-hybridized carbons (Fsp3) is 0.280. The first-order valence-electron chi connectivity index (χ1n) is 9.78. The second-order valence-corrected chi connectivity index (χ2v) is 7.15. The summed E-state index contributed by atoms with van der Waals surface area (Å²) in [6.07, 6.45) is 1.25. The van der Waals surface area contributed by atoms with Gasteiger partial charge in [-0.2, -0.15) is 0 Å². The average Bonchev–Trinajstić information content (AvgIpc) is 2.70. The van der Waals surface area contributed by atoms with Gasteiger partial charge >= 0.3 is 0 Å². The molecular weight excluding hydrogens is 330 g/mol. The van der Waals surface area contributed by atoms with Gasteiger partial charge in [0.15, 0.2) is 0 Å². The minimum Gasteiger partial charge on any atom is -0.491 e. The van der Waals surface area contributed by atoms with Crippen molar-refractivity contribution in [2.75, 3.05) is 6.54 Å². The van der Waals surface area contributed by atoms with Crippen LogP contribution in [0.4, 0.5) is 0 Å². The van der Waals surface area contributed by atoms with Crippen molar-refractivity contribution in [3.8, 4) is 5.75 Å². The number of hydrogen-bond acceptors (Lipinski definition) is 2. The number of benzene rings is 3. The van der Waals surface area contributed by atoms with E-state index < -0.39 is 0 Å². The van der Waals surface area contributed by atoms with Crippen molar-refractivity contribution in [3.05, 3.63) is 102 Å². The smallest absolute Gasteiger partial charge is 0.119 e. The molecule has 0 aromatic heterocycles. The molecule has 140 valence electrons. The van der Waals surface area contributed by atoms with Gasteiger partial charge in [-0.05, 0) is 55.6 Å². The van der Waals surface area contributed by atoms with E-state index in [4.69, 9.17) is 4.74 Å². The lowest BCUT2D eigenvalue weighted by Crippen LogP contribution is -2.17. The second kappa shape index (κ2) is 9.94. The van der Waals surface area contributed by atoms with Crippen LogP contribution in [0.15, 0.2) is 84.9 Å². The van der Waals surface area contributed by atoms with Crippen LogP contribution in [-0.4, -0.2) is 12.6 Å². The largest absolute Gasteiger partial charge is 0.491 e. The molecule has 0 aliphatic carbocycles. The number of hydrogen-bond donors (Lipinski definition) is 1. The third kappa shape index (κ3) is 5.97. The Kier molecular flexibility index (Phi) is 7.06. The lowest BCUT2D eigenvalue weighted by molar-refractivity contribution is 0.242. The van der Waals surface area contributed by atoms with Crippen LogP contribution < -0.4 is 10.1 Å². The molecule has 0 amide bonds. The lowest BCUT2D eigenvalue weighted by atomic mass is 9.88. The Bertz CT molecular complexity index is 782. The third-order valence-corrected chi connectivity index (χ3v) is 4.64. The van der Waals surface area contributed by atoms with Gasteiger partial charge in [0.2, 0.25) is 0 Å². The maximum Gasteiger partial charge on any atom is 0.119 e. The van der Waals surface area contributed by atoms with E-state index in [2.05, 4.69) is 104 Å². The van der Waals surface area contributed by atoms with E-state index in [9.17, 15) is 0 Å². The summed E-state index contributed by atoms with van der Waals surface area (Å²) in [4.78, 5) is 0. The Morgan fingerprint density at radius 1 is 0.741 bits per heavy atom. The molecular formula is C25H29NO. The third-order valence-electron chi connectivity index (χ3n) is 4.64. The molecule has 0 heterocycles. The van der Waals surface area contributed by atoms with E-state index in [1.807, 2.05) is 0 Å². The summed E-state index contributed by atoms with van der Waals surface area (Å²) in [6, 6.07) is 29.9. The fourth-order valence-corrected chi connectivity index (χ4v) is 3.34. The van der Waals surface area contributed by atoms with Crippen LogP contribution >= 0.6 is 0 Å². The molecule has 0 saturated carbocycles. The van der Waals surface area contributed by atoms with Crippen LogP contribution in [0.2, 0.25) is 0 Å². The number of nitrogens with one attached hydrogen (secondary N) is 1. The monoisotopic (exact) mass is 359 g/mol. The zero-order chi connectivity index (χ0) is 18.9. The van der Waals surface area contributed by atoms with Crippen LogP contribution in [0.3, 0.4) is 0 Å². The summed E-state index contributed by atoms with van der Waals surface area (Å²) in [7, 11) is 0. The molecule has 27 heavy (non-hydrogen) atoms. The molecule has 0 spiro atoms. The maximum atomic E-state index is 5.79. The second-order valence-electron chi connectivity index (χ2n) is 7.15. The highest BCUT2D eigenvalue weighted by Gasteiger charge is 2.14. The van der Waals surface area contributed by atoms with Gasteiger partial charge in [-0.25, -0.2) is 0 Å². The quantitative estimate of drug-likeness (QED) is 0.489. The molecule has 0 saturated heterocycles. The Labute approximate surface area is 163 Å². The molecule has 2 nitrogen and oxygen atoms in total. The predicted molar refractivity (Wildman–Crippen MR) is 113 cm³/mol. The van der Waals surface area contributed by atoms with Crippen molar-refractivity contribution in [1.29, 1.82) is 0 Å². The summed E-state index contributed by atoms with van der Waals surface area (Å²) >= 11 is 0. The number of rotatable bonds is 9. The molecule has 0 aliphatic heterocycles. The number of ether oxygens (including phenoxy) is 1. The molecule has 0 aliphatic rings. The van der Waals surface area contributed by atoms with Gasteiger partial charge in [-0.1, -0.05) is 72.8 Å². The van der Waals surface area contributed by atoms with Gasteiger partial charge < -0.3 is 10.1 Å². The predicted octanol–water partition coefficient (Wildman–Crippen LogP) is 5.79. The summed E-state index contributed by atoms with van der Waals surface area (Å²) in [5.74, 6) is 1.31. The summed E-state index contributed by atoms with van der Waals surface area (Å²) in [6.45, 7) is 5.99. The van der Waals surface area contributed by atoms with Gasteiger partial charge in [0.25, 0.3) is 0 Å². The molecule has 1 atom stereocenters. The first-order valence-corrected chi connectivity index (χ1v) is 9.78. The molecule has 1 unspecified atom stereocenters. The minimum absolute atomic E-state index is 0.197. The molecule has 0 bridgehead atoms. The van der Waals surface area contributed by atoms with Crippen molar-refractivity contribution in [2.24, 2.45) is 0 Å². The van der Waals surface area contributed by atoms with E-state index in [0.717, 1.165) is 25.3 Å². The Morgan fingerprint density at radius 2 is 1.33 bits per heavy atom. The Morgan fingerprint density at radius 3 is 1.96 bits per heavy atom. The van der Waals surface area contributed by atoms with E-state index in [1.54, 1.807) is 0 Å². The normalized spacial score (nSPS) is 12.1. The highest BCUT2D eigenvalue weighted by molar-refractivity contribution is 5.36. The first kappa shape index (κ1) is 19.2. The molecule has 1 N–H and O–H groups in total. The van der Waals surface area contributed by atoms with Crippen LogP contribution in [0.5, 0.6) is 5.75 Å². The van der Waals surface area contributed by atoms with E-state index >= 15 is 0 Å². The SMILES string of the molecule is CC(C)Oc1ccc(C(CCNCc2ccccc2)c2ccccc2)cc1. The Balaban J connectivity index is 1.66. The van der Waals surface area contributed by atoms with Gasteiger partial charge in [0.1, 0.15) is 5.75 Å².